The highest BCUT2D eigenvalue weighted by atomic mass is 16.5. The predicted octanol–water partition coefficient (Wildman–Crippen LogP) is 2.32. The fraction of sp³-hybridized carbons (Fsp3) is 0.571. The van der Waals surface area contributed by atoms with Gasteiger partial charge in [-0.3, -0.25) is 0 Å². The Morgan fingerprint density at radius 1 is 1.47 bits per heavy atom. The lowest BCUT2D eigenvalue weighted by Gasteiger charge is -2.43. The molecule has 3 nitrogen and oxygen atoms in total. The molecule has 1 aliphatic rings. The number of benzene rings is 1. The van der Waals surface area contributed by atoms with Crippen molar-refractivity contribution in [1.82, 2.24) is 0 Å². The summed E-state index contributed by atoms with van der Waals surface area (Å²) in [5, 5.41) is 0. The van der Waals surface area contributed by atoms with Gasteiger partial charge in [-0.1, -0.05) is 6.07 Å². The Morgan fingerprint density at radius 3 is 2.82 bits per heavy atom. The average molecular weight is 234 g/mol. The molecule has 2 N–H and O–H groups in total. The lowest BCUT2D eigenvalue weighted by atomic mass is 10.0. The minimum absolute atomic E-state index is 0.162. The fourth-order valence-electron chi connectivity index (χ4n) is 2.29. The standard InChI is InChI=1S/C14H22N2O/c1-10-5-6-12-13(7-10)17-14(3,4)9-16(12)11(2)8-15/h5-7,11H,8-9,15H2,1-4H3. The van der Waals surface area contributed by atoms with Gasteiger partial charge in [0, 0.05) is 12.6 Å². The van der Waals surface area contributed by atoms with Crippen LogP contribution in [0.4, 0.5) is 5.69 Å². The van der Waals surface area contributed by atoms with Crippen LogP contribution in [0, 0.1) is 6.92 Å². The topological polar surface area (TPSA) is 38.5 Å². The number of anilines is 1. The Morgan fingerprint density at radius 2 is 2.18 bits per heavy atom. The molecule has 3 heteroatoms. The van der Waals surface area contributed by atoms with Crippen LogP contribution in [0.5, 0.6) is 5.75 Å². The summed E-state index contributed by atoms with van der Waals surface area (Å²) in [6, 6.07) is 6.69. The van der Waals surface area contributed by atoms with Crippen LogP contribution in [0.15, 0.2) is 18.2 Å². The maximum atomic E-state index is 6.04. The van der Waals surface area contributed by atoms with Crippen LogP contribution in [-0.2, 0) is 0 Å². The third-order valence-corrected chi connectivity index (χ3v) is 3.24. The Hall–Kier alpha value is -1.22. The van der Waals surface area contributed by atoms with Gasteiger partial charge in [0.25, 0.3) is 0 Å². The summed E-state index contributed by atoms with van der Waals surface area (Å²) < 4.78 is 6.04. The third kappa shape index (κ3) is 2.39. The summed E-state index contributed by atoms with van der Waals surface area (Å²) in [7, 11) is 0. The van der Waals surface area contributed by atoms with Crippen LogP contribution in [-0.4, -0.2) is 24.7 Å². The van der Waals surface area contributed by atoms with Crippen molar-refractivity contribution < 1.29 is 4.74 Å². The first-order valence-corrected chi connectivity index (χ1v) is 6.19. The number of aryl methyl sites for hydroxylation is 1. The molecule has 0 saturated heterocycles. The molecule has 0 bridgehead atoms. The number of nitrogens with zero attached hydrogens (tertiary/aromatic N) is 1. The lowest BCUT2D eigenvalue weighted by molar-refractivity contribution is 0.102. The van der Waals surface area contributed by atoms with E-state index in [-0.39, 0.29) is 5.60 Å². The van der Waals surface area contributed by atoms with E-state index >= 15 is 0 Å². The molecule has 1 aromatic carbocycles. The summed E-state index contributed by atoms with van der Waals surface area (Å²) in [4.78, 5) is 2.35. The van der Waals surface area contributed by atoms with Crippen LogP contribution in [0.2, 0.25) is 0 Å². The first kappa shape index (κ1) is 12.2. The van der Waals surface area contributed by atoms with Crippen molar-refractivity contribution in [2.24, 2.45) is 5.73 Å². The first-order valence-electron chi connectivity index (χ1n) is 6.19. The largest absolute Gasteiger partial charge is 0.484 e. The highest BCUT2D eigenvalue weighted by Gasteiger charge is 2.33. The molecule has 2 rings (SSSR count). The van der Waals surface area contributed by atoms with Crippen molar-refractivity contribution in [1.29, 1.82) is 0 Å². The van der Waals surface area contributed by atoms with Crippen molar-refractivity contribution in [3.63, 3.8) is 0 Å². The minimum atomic E-state index is -0.162. The van der Waals surface area contributed by atoms with Crippen LogP contribution >= 0.6 is 0 Å². The van der Waals surface area contributed by atoms with E-state index in [9.17, 15) is 0 Å². The molecule has 0 fully saturated rings. The van der Waals surface area contributed by atoms with Crippen LogP contribution < -0.4 is 15.4 Å². The Bertz CT molecular complexity index is 415. The second-order valence-electron chi connectivity index (χ2n) is 5.55. The monoisotopic (exact) mass is 234 g/mol. The van der Waals surface area contributed by atoms with Gasteiger partial charge in [-0.15, -0.1) is 0 Å². The molecular formula is C14H22N2O. The number of ether oxygens (including phenoxy) is 1. The summed E-state index contributed by atoms with van der Waals surface area (Å²) in [6.45, 7) is 10.0. The van der Waals surface area contributed by atoms with Gasteiger partial charge < -0.3 is 15.4 Å². The zero-order valence-electron chi connectivity index (χ0n) is 11.2. The van der Waals surface area contributed by atoms with Crippen LogP contribution in [0.25, 0.3) is 0 Å². The summed E-state index contributed by atoms with van der Waals surface area (Å²) >= 11 is 0. The van der Waals surface area contributed by atoms with Gasteiger partial charge >= 0.3 is 0 Å². The van der Waals surface area contributed by atoms with Gasteiger partial charge in [0.1, 0.15) is 11.4 Å². The van der Waals surface area contributed by atoms with Crippen molar-refractivity contribution >= 4 is 5.69 Å². The molecule has 94 valence electrons. The predicted molar refractivity (Wildman–Crippen MR) is 71.7 cm³/mol. The molecule has 0 saturated carbocycles. The van der Waals surface area contributed by atoms with Crippen LogP contribution in [0.1, 0.15) is 26.3 Å². The van der Waals surface area contributed by atoms with Crippen molar-refractivity contribution in [2.75, 3.05) is 18.0 Å². The van der Waals surface area contributed by atoms with E-state index in [1.54, 1.807) is 0 Å². The minimum Gasteiger partial charge on any atom is -0.484 e. The lowest BCUT2D eigenvalue weighted by Crippen LogP contribution is -2.52. The van der Waals surface area contributed by atoms with Crippen molar-refractivity contribution in [2.45, 2.75) is 39.3 Å². The van der Waals surface area contributed by atoms with E-state index in [4.69, 9.17) is 10.5 Å². The average Bonchev–Trinajstić information content (AvgIpc) is 2.25. The summed E-state index contributed by atoms with van der Waals surface area (Å²) in [5.74, 6) is 0.974. The van der Waals surface area contributed by atoms with Gasteiger partial charge in [0.15, 0.2) is 0 Å². The second kappa shape index (κ2) is 4.22. The molecule has 0 aromatic heterocycles. The maximum Gasteiger partial charge on any atom is 0.143 e. The number of rotatable bonds is 2. The van der Waals surface area contributed by atoms with E-state index in [2.05, 4.69) is 50.8 Å². The molecule has 17 heavy (non-hydrogen) atoms. The highest BCUT2D eigenvalue weighted by Crippen LogP contribution is 2.38. The van der Waals surface area contributed by atoms with E-state index < -0.39 is 0 Å². The molecule has 1 heterocycles. The zero-order valence-corrected chi connectivity index (χ0v) is 11.2. The summed E-state index contributed by atoms with van der Waals surface area (Å²) in [5.41, 5.74) is 8.02. The summed E-state index contributed by atoms with van der Waals surface area (Å²) in [6.07, 6.45) is 0. The van der Waals surface area contributed by atoms with Crippen LogP contribution in [0.3, 0.4) is 0 Å². The molecule has 1 aliphatic heterocycles. The maximum absolute atomic E-state index is 6.04. The van der Waals surface area contributed by atoms with Gasteiger partial charge in [-0.2, -0.15) is 0 Å². The molecule has 1 unspecified atom stereocenters. The Labute approximate surface area is 104 Å². The number of nitrogens with two attached hydrogens (primary N) is 1. The Kier molecular flexibility index (Phi) is 3.04. The highest BCUT2D eigenvalue weighted by molar-refractivity contribution is 5.62. The molecule has 1 atom stereocenters. The van der Waals surface area contributed by atoms with E-state index in [1.807, 2.05) is 0 Å². The van der Waals surface area contributed by atoms with E-state index in [0.717, 1.165) is 18.0 Å². The second-order valence-corrected chi connectivity index (χ2v) is 5.55. The van der Waals surface area contributed by atoms with E-state index in [0.29, 0.717) is 12.6 Å². The van der Waals surface area contributed by atoms with Crippen molar-refractivity contribution in [3.05, 3.63) is 23.8 Å². The zero-order chi connectivity index (χ0) is 12.6. The molecule has 0 spiro atoms. The number of fused-ring (bicyclic) bond motifs is 1. The van der Waals surface area contributed by atoms with Gasteiger partial charge in [-0.05, 0) is 45.4 Å². The number of hydrogen-bond donors (Lipinski definition) is 1. The SMILES string of the molecule is Cc1ccc2c(c1)OC(C)(C)CN2C(C)CN. The third-order valence-electron chi connectivity index (χ3n) is 3.24. The molecule has 0 amide bonds. The van der Waals surface area contributed by atoms with Gasteiger partial charge in [0.2, 0.25) is 0 Å². The fourth-order valence-corrected chi connectivity index (χ4v) is 2.29. The first-order chi connectivity index (χ1) is 7.93. The smallest absolute Gasteiger partial charge is 0.143 e. The Balaban J connectivity index is 2.43. The quantitative estimate of drug-likeness (QED) is 0.853. The van der Waals surface area contributed by atoms with E-state index in [1.165, 1.54) is 5.56 Å². The van der Waals surface area contributed by atoms with Gasteiger partial charge in [-0.25, -0.2) is 0 Å². The molecule has 1 aromatic rings. The van der Waals surface area contributed by atoms with Gasteiger partial charge in [0.05, 0.1) is 12.2 Å². The number of hydrogen-bond acceptors (Lipinski definition) is 3. The molecule has 0 radical (unpaired) electrons. The van der Waals surface area contributed by atoms with Crippen molar-refractivity contribution in [3.8, 4) is 5.75 Å². The molecular weight excluding hydrogens is 212 g/mol. The normalized spacial score (nSPS) is 19.5. The molecule has 0 aliphatic carbocycles.